The Kier molecular flexibility index (Phi) is 8.66. The fourth-order valence-electron chi connectivity index (χ4n) is 4.25. The van der Waals surface area contributed by atoms with Crippen LogP contribution in [0.4, 0.5) is 0 Å². The van der Waals surface area contributed by atoms with E-state index in [1.807, 2.05) is 30.3 Å². The molecule has 1 aromatic rings. The van der Waals surface area contributed by atoms with E-state index in [-0.39, 0.29) is 13.2 Å². The highest BCUT2D eigenvalue weighted by atomic mass is 16.8. The van der Waals surface area contributed by atoms with Crippen molar-refractivity contribution in [3.8, 4) is 0 Å². The van der Waals surface area contributed by atoms with Gasteiger partial charge >= 0.3 is 0 Å². The summed E-state index contributed by atoms with van der Waals surface area (Å²) in [5, 5.41) is 52.2. The zero-order valence-corrected chi connectivity index (χ0v) is 18.5. The Balaban J connectivity index is 1.40. The molecule has 0 spiro atoms. The van der Waals surface area contributed by atoms with Crippen molar-refractivity contribution in [1.29, 1.82) is 0 Å². The van der Waals surface area contributed by atoms with E-state index in [0.29, 0.717) is 6.42 Å². The predicted octanol–water partition coefficient (Wildman–Crippen LogP) is -1.04. The minimum absolute atomic E-state index is 0.0584. The summed E-state index contributed by atoms with van der Waals surface area (Å²) in [5.41, 5.74) is 0.758. The average molecular weight is 484 g/mol. The van der Waals surface area contributed by atoms with E-state index in [4.69, 9.17) is 28.4 Å². The first kappa shape index (κ1) is 25.6. The predicted molar refractivity (Wildman–Crippen MR) is 114 cm³/mol. The quantitative estimate of drug-likeness (QED) is 0.227. The van der Waals surface area contributed by atoms with Gasteiger partial charge in [-0.2, -0.15) is 0 Å². The first-order valence-electron chi connectivity index (χ1n) is 11.3. The monoisotopic (exact) mass is 484 g/mol. The van der Waals surface area contributed by atoms with Gasteiger partial charge in [0.25, 0.3) is 0 Å². The van der Waals surface area contributed by atoms with Gasteiger partial charge in [-0.3, -0.25) is 0 Å². The van der Waals surface area contributed by atoms with Gasteiger partial charge in [-0.15, -0.1) is 6.58 Å². The maximum absolute atomic E-state index is 10.7. The van der Waals surface area contributed by atoms with E-state index in [1.165, 1.54) is 0 Å². The number of rotatable bonds is 8. The van der Waals surface area contributed by atoms with Crippen LogP contribution < -0.4 is 0 Å². The molecular formula is C23H32O11. The standard InChI is InChI=1S/C23H32O11/c1-2-3-9-29-22-17(27)15(25)19(13(10-24)31-22)34-23-18(28)16(26)20-14(32-23)11-30-21(33-20)12-7-5-4-6-8-12/h2,4-8,13-28H,1,3,9-11H2/t13-,14+,15-,16+,17-,18+,19-,20-,21?,22-,23-/m0/s1. The maximum atomic E-state index is 10.7. The van der Waals surface area contributed by atoms with E-state index in [2.05, 4.69) is 6.58 Å². The number of hydrogen-bond donors (Lipinski definition) is 5. The van der Waals surface area contributed by atoms with Gasteiger partial charge in [0, 0.05) is 5.56 Å². The van der Waals surface area contributed by atoms with Crippen molar-refractivity contribution in [2.24, 2.45) is 0 Å². The lowest BCUT2D eigenvalue weighted by Crippen LogP contribution is -2.65. The molecule has 11 nitrogen and oxygen atoms in total. The average Bonchev–Trinajstić information content (AvgIpc) is 2.86. The van der Waals surface area contributed by atoms with Gasteiger partial charge in [0.15, 0.2) is 18.9 Å². The maximum Gasteiger partial charge on any atom is 0.187 e. The van der Waals surface area contributed by atoms with Crippen LogP contribution in [-0.2, 0) is 28.4 Å². The van der Waals surface area contributed by atoms with Crippen molar-refractivity contribution in [2.75, 3.05) is 19.8 Å². The van der Waals surface area contributed by atoms with E-state index in [1.54, 1.807) is 6.08 Å². The van der Waals surface area contributed by atoms with Gasteiger partial charge in [-0.25, -0.2) is 0 Å². The molecule has 0 aromatic heterocycles. The van der Waals surface area contributed by atoms with Crippen LogP contribution in [0.25, 0.3) is 0 Å². The molecule has 1 unspecified atom stereocenters. The van der Waals surface area contributed by atoms with Crippen molar-refractivity contribution in [3.63, 3.8) is 0 Å². The second kappa shape index (κ2) is 11.5. The van der Waals surface area contributed by atoms with Crippen molar-refractivity contribution < 1.29 is 54.0 Å². The van der Waals surface area contributed by atoms with Crippen LogP contribution in [0.2, 0.25) is 0 Å². The molecule has 34 heavy (non-hydrogen) atoms. The molecule has 0 amide bonds. The summed E-state index contributed by atoms with van der Waals surface area (Å²) in [5.74, 6) is 0. The van der Waals surface area contributed by atoms with Crippen LogP contribution >= 0.6 is 0 Å². The summed E-state index contributed by atoms with van der Waals surface area (Å²) in [6, 6.07) is 9.17. The van der Waals surface area contributed by atoms with Gasteiger partial charge in [0.1, 0.15) is 48.8 Å². The van der Waals surface area contributed by atoms with E-state index in [0.717, 1.165) is 5.56 Å². The lowest BCUT2D eigenvalue weighted by molar-refractivity contribution is -0.385. The largest absolute Gasteiger partial charge is 0.394 e. The number of hydrogen-bond acceptors (Lipinski definition) is 11. The summed E-state index contributed by atoms with van der Waals surface area (Å²) >= 11 is 0. The summed E-state index contributed by atoms with van der Waals surface area (Å²) < 4.78 is 34.1. The van der Waals surface area contributed by atoms with Crippen LogP contribution in [0.1, 0.15) is 18.3 Å². The third-order valence-electron chi connectivity index (χ3n) is 6.12. The van der Waals surface area contributed by atoms with Crippen LogP contribution in [0.5, 0.6) is 0 Å². The van der Waals surface area contributed by atoms with Crippen LogP contribution in [-0.4, -0.2) is 107 Å². The SMILES string of the molecule is C=CCCO[C@H]1O[C@@H](CO)[C@H](O[C@@H]2O[C@@H]3COC(c4ccccc4)O[C@@H]3[C@H](O)[C@H]2O)[C@@H](O)[C@@H]1O. The molecule has 3 saturated heterocycles. The van der Waals surface area contributed by atoms with E-state index in [9.17, 15) is 25.5 Å². The molecule has 5 N–H and O–H groups in total. The molecule has 1 aromatic carbocycles. The molecule has 0 radical (unpaired) electrons. The summed E-state index contributed by atoms with van der Waals surface area (Å²) in [7, 11) is 0. The molecule has 4 rings (SSSR count). The summed E-state index contributed by atoms with van der Waals surface area (Å²) in [4.78, 5) is 0. The van der Waals surface area contributed by atoms with Gasteiger partial charge in [0.05, 0.1) is 19.8 Å². The smallest absolute Gasteiger partial charge is 0.187 e. The minimum Gasteiger partial charge on any atom is -0.394 e. The Morgan fingerprint density at radius 3 is 2.38 bits per heavy atom. The highest BCUT2D eigenvalue weighted by molar-refractivity contribution is 5.16. The first-order chi connectivity index (χ1) is 16.4. The van der Waals surface area contributed by atoms with Crippen molar-refractivity contribution in [2.45, 2.75) is 74.1 Å². The lowest BCUT2D eigenvalue weighted by Gasteiger charge is -2.48. The van der Waals surface area contributed by atoms with Gasteiger partial charge < -0.3 is 54.0 Å². The molecule has 0 bridgehead atoms. The Labute approximate surface area is 197 Å². The molecular weight excluding hydrogens is 452 g/mol. The Hall–Kier alpha value is -1.48. The number of aliphatic hydroxyl groups excluding tert-OH is 5. The van der Waals surface area contributed by atoms with Gasteiger partial charge in [-0.05, 0) is 6.42 Å². The second-order valence-electron chi connectivity index (χ2n) is 8.46. The normalized spacial score (nSPS) is 42.7. The number of aliphatic hydroxyl groups is 5. The molecule has 3 fully saturated rings. The number of benzene rings is 1. The van der Waals surface area contributed by atoms with Gasteiger partial charge in [-0.1, -0.05) is 36.4 Å². The topological polar surface area (TPSA) is 157 Å². The Morgan fingerprint density at radius 1 is 0.941 bits per heavy atom. The summed E-state index contributed by atoms with van der Waals surface area (Å²) in [6.45, 7) is 3.28. The van der Waals surface area contributed by atoms with Gasteiger partial charge in [0.2, 0.25) is 0 Å². The molecule has 11 atom stereocenters. The highest BCUT2D eigenvalue weighted by Gasteiger charge is 2.53. The van der Waals surface area contributed by atoms with Crippen molar-refractivity contribution in [1.82, 2.24) is 0 Å². The van der Waals surface area contributed by atoms with Crippen LogP contribution in [0.15, 0.2) is 43.0 Å². The fourth-order valence-corrected chi connectivity index (χ4v) is 4.25. The summed E-state index contributed by atoms with van der Waals surface area (Å²) in [6.07, 6.45) is -11.1. The molecule has 190 valence electrons. The Bertz CT molecular complexity index is 775. The highest BCUT2D eigenvalue weighted by Crippen LogP contribution is 2.36. The van der Waals surface area contributed by atoms with Crippen LogP contribution in [0, 0.1) is 0 Å². The molecule has 0 aliphatic carbocycles. The molecule has 11 heteroatoms. The van der Waals surface area contributed by atoms with Crippen molar-refractivity contribution in [3.05, 3.63) is 48.6 Å². The Morgan fingerprint density at radius 2 is 1.68 bits per heavy atom. The third-order valence-corrected chi connectivity index (χ3v) is 6.12. The molecule has 0 saturated carbocycles. The molecule has 3 aliphatic rings. The van der Waals surface area contributed by atoms with Crippen molar-refractivity contribution >= 4 is 0 Å². The lowest BCUT2D eigenvalue weighted by atomic mass is 9.96. The number of ether oxygens (including phenoxy) is 6. The molecule has 3 aliphatic heterocycles. The number of fused-ring (bicyclic) bond motifs is 1. The fraction of sp³-hybridized carbons (Fsp3) is 0.652. The van der Waals surface area contributed by atoms with E-state index < -0.39 is 74.3 Å². The second-order valence-corrected chi connectivity index (χ2v) is 8.46. The minimum atomic E-state index is -1.54. The third kappa shape index (κ3) is 5.35. The zero-order chi connectivity index (χ0) is 24.2. The molecule has 3 heterocycles. The zero-order valence-electron chi connectivity index (χ0n) is 18.5. The van der Waals surface area contributed by atoms with E-state index >= 15 is 0 Å². The first-order valence-corrected chi connectivity index (χ1v) is 11.3. The van der Waals surface area contributed by atoms with Crippen LogP contribution in [0.3, 0.4) is 0 Å².